The number of aromatic amines is 1. The molecule has 1 aromatic carbocycles. The summed E-state index contributed by atoms with van der Waals surface area (Å²) in [5.74, 6) is 0.166. The summed E-state index contributed by atoms with van der Waals surface area (Å²) in [4.78, 5) is 2.16. The molecule has 1 aliphatic rings. The molecule has 2 aromatic rings. The zero-order chi connectivity index (χ0) is 13.2. The van der Waals surface area contributed by atoms with Crippen molar-refractivity contribution in [2.45, 2.75) is 18.8 Å². The number of H-pyrrole nitrogens is 1. The SMILES string of the molecule is N#CCN1CCC(c2[nH]nc3cc(F)ccc23)CC1. The van der Waals surface area contributed by atoms with Crippen LogP contribution in [0.1, 0.15) is 24.5 Å². The van der Waals surface area contributed by atoms with Crippen molar-refractivity contribution in [1.29, 1.82) is 5.26 Å². The fourth-order valence-electron chi connectivity index (χ4n) is 2.80. The Morgan fingerprint density at radius 1 is 1.42 bits per heavy atom. The van der Waals surface area contributed by atoms with E-state index in [4.69, 9.17) is 5.26 Å². The van der Waals surface area contributed by atoms with E-state index in [9.17, 15) is 4.39 Å². The smallest absolute Gasteiger partial charge is 0.125 e. The van der Waals surface area contributed by atoms with Crippen LogP contribution in [0, 0.1) is 17.1 Å². The molecule has 98 valence electrons. The third kappa shape index (κ3) is 2.32. The van der Waals surface area contributed by atoms with Gasteiger partial charge in [0.25, 0.3) is 0 Å². The molecule has 5 heteroatoms. The minimum absolute atomic E-state index is 0.255. The van der Waals surface area contributed by atoms with Crippen LogP contribution in [0.4, 0.5) is 4.39 Å². The van der Waals surface area contributed by atoms with Crippen LogP contribution in [0.15, 0.2) is 18.2 Å². The molecule has 1 fully saturated rings. The van der Waals surface area contributed by atoms with E-state index in [1.165, 1.54) is 12.1 Å². The molecule has 0 saturated carbocycles. The molecular formula is C14H15FN4. The lowest BCUT2D eigenvalue weighted by Gasteiger charge is -2.29. The second-order valence-electron chi connectivity index (χ2n) is 5.01. The van der Waals surface area contributed by atoms with E-state index < -0.39 is 0 Å². The monoisotopic (exact) mass is 258 g/mol. The molecule has 0 bridgehead atoms. The van der Waals surface area contributed by atoms with Crippen LogP contribution in [0.5, 0.6) is 0 Å². The highest BCUT2D eigenvalue weighted by Gasteiger charge is 2.23. The Morgan fingerprint density at radius 2 is 2.21 bits per heavy atom. The second kappa shape index (κ2) is 4.98. The molecule has 0 unspecified atom stereocenters. The van der Waals surface area contributed by atoms with Gasteiger partial charge in [-0.25, -0.2) is 4.39 Å². The second-order valence-corrected chi connectivity index (χ2v) is 5.01. The van der Waals surface area contributed by atoms with Crippen LogP contribution in [0.2, 0.25) is 0 Å². The van der Waals surface area contributed by atoms with Gasteiger partial charge in [-0.1, -0.05) is 0 Å². The number of rotatable bonds is 2. The van der Waals surface area contributed by atoms with E-state index in [1.807, 2.05) is 0 Å². The fraction of sp³-hybridized carbons (Fsp3) is 0.429. The van der Waals surface area contributed by atoms with Gasteiger partial charge in [-0.3, -0.25) is 10.00 Å². The van der Waals surface area contributed by atoms with Gasteiger partial charge in [0.1, 0.15) is 5.82 Å². The van der Waals surface area contributed by atoms with Crippen LogP contribution >= 0.6 is 0 Å². The van der Waals surface area contributed by atoms with Crippen molar-refractivity contribution in [3.05, 3.63) is 29.7 Å². The quantitative estimate of drug-likeness (QED) is 0.841. The van der Waals surface area contributed by atoms with Crippen molar-refractivity contribution < 1.29 is 4.39 Å². The number of piperidine rings is 1. The summed E-state index contributed by atoms with van der Waals surface area (Å²) >= 11 is 0. The number of hydrogen-bond donors (Lipinski definition) is 1. The van der Waals surface area contributed by atoms with Crippen LogP contribution in [-0.4, -0.2) is 34.7 Å². The molecular weight excluding hydrogens is 243 g/mol. The number of likely N-dealkylation sites (tertiary alicyclic amines) is 1. The summed E-state index contributed by atoms with van der Waals surface area (Å²) in [6.07, 6.45) is 2.02. The largest absolute Gasteiger partial charge is 0.291 e. The van der Waals surface area contributed by atoms with Gasteiger partial charge in [-0.05, 0) is 38.1 Å². The minimum atomic E-state index is -0.255. The van der Waals surface area contributed by atoms with E-state index in [0.717, 1.165) is 37.0 Å². The third-order valence-corrected chi connectivity index (χ3v) is 3.84. The molecule has 0 atom stereocenters. The number of nitriles is 1. The van der Waals surface area contributed by atoms with Gasteiger partial charge in [0.05, 0.1) is 18.1 Å². The van der Waals surface area contributed by atoms with Crippen molar-refractivity contribution in [2.75, 3.05) is 19.6 Å². The Morgan fingerprint density at radius 3 is 2.95 bits per heavy atom. The number of fused-ring (bicyclic) bond motifs is 1. The zero-order valence-electron chi connectivity index (χ0n) is 10.6. The Hall–Kier alpha value is -1.93. The first kappa shape index (κ1) is 12.1. The van der Waals surface area contributed by atoms with Crippen molar-refractivity contribution in [2.24, 2.45) is 0 Å². The first-order chi connectivity index (χ1) is 9.28. The number of nitrogens with one attached hydrogen (secondary N) is 1. The average Bonchev–Trinajstić information content (AvgIpc) is 2.83. The molecule has 2 heterocycles. The summed E-state index contributed by atoms with van der Waals surface area (Å²) < 4.78 is 13.1. The van der Waals surface area contributed by atoms with Gasteiger partial charge in [-0.2, -0.15) is 10.4 Å². The molecule has 3 rings (SSSR count). The van der Waals surface area contributed by atoms with Crippen LogP contribution in [0.3, 0.4) is 0 Å². The number of nitrogens with zero attached hydrogens (tertiary/aromatic N) is 3. The molecule has 1 saturated heterocycles. The van der Waals surface area contributed by atoms with Gasteiger partial charge in [0, 0.05) is 23.1 Å². The minimum Gasteiger partial charge on any atom is -0.291 e. The van der Waals surface area contributed by atoms with Gasteiger partial charge in [0.2, 0.25) is 0 Å². The maximum Gasteiger partial charge on any atom is 0.125 e. The summed E-state index contributed by atoms with van der Waals surface area (Å²) in [6, 6.07) is 6.92. The van der Waals surface area contributed by atoms with E-state index >= 15 is 0 Å². The standard InChI is InChI=1S/C14H15FN4/c15-11-1-2-12-13(9-11)17-18-14(12)10-3-6-19(7-4-10)8-5-16/h1-2,9-10H,3-4,6-8H2,(H,17,18). The van der Waals surface area contributed by atoms with Crippen molar-refractivity contribution in [1.82, 2.24) is 15.1 Å². The summed E-state index contributed by atoms with van der Waals surface area (Å²) in [6.45, 7) is 2.36. The lowest BCUT2D eigenvalue weighted by atomic mass is 9.91. The average molecular weight is 258 g/mol. The van der Waals surface area contributed by atoms with Crippen LogP contribution in [0.25, 0.3) is 10.9 Å². The Balaban J connectivity index is 1.81. The van der Waals surface area contributed by atoms with E-state index in [-0.39, 0.29) is 5.82 Å². The first-order valence-corrected chi connectivity index (χ1v) is 6.51. The molecule has 0 amide bonds. The van der Waals surface area contributed by atoms with E-state index in [0.29, 0.717) is 18.0 Å². The van der Waals surface area contributed by atoms with Gasteiger partial charge in [-0.15, -0.1) is 0 Å². The third-order valence-electron chi connectivity index (χ3n) is 3.84. The summed E-state index contributed by atoms with van der Waals surface area (Å²) in [7, 11) is 0. The molecule has 0 radical (unpaired) electrons. The predicted octanol–water partition coefficient (Wildman–Crippen LogP) is 2.40. The van der Waals surface area contributed by atoms with E-state index in [2.05, 4.69) is 21.2 Å². The highest BCUT2D eigenvalue weighted by Crippen LogP contribution is 2.31. The summed E-state index contributed by atoms with van der Waals surface area (Å²) in [5, 5.41) is 16.9. The summed E-state index contributed by atoms with van der Waals surface area (Å²) in [5.41, 5.74) is 1.79. The van der Waals surface area contributed by atoms with Gasteiger partial charge < -0.3 is 0 Å². The highest BCUT2D eigenvalue weighted by atomic mass is 19.1. The lowest BCUT2D eigenvalue weighted by Crippen LogP contribution is -2.33. The topological polar surface area (TPSA) is 55.7 Å². The lowest BCUT2D eigenvalue weighted by molar-refractivity contribution is 0.233. The molecule has 1 aromatic heterocycles. The van der Waals surface area contributed by atoms with Crippen molar-refractivity contribution >= 4 is 10.9 Å². The molecule has 0 spiro atoms. The molecule has 0 aliphatic carbocycles. The number of hydrogen-bond acceptors (Lipinski definition) is 3. The molecule has 1 N–H and O–H groups in total. The Kier molecular flexibility index (Phi) is 3.18. The molecule has 4 nitrogen and oxygen atoms in total. The number of benzene rings is 1. The maximum absolute atomic E-state index is 13.1. The zero-order valence-corrected chi connectivity index (χ0v) is 10.6. The van der Waals surface area contributed by atoms with Gasteiger partial charge in [0.15, 0.2) is 0 Å². The number of aromatic nitrogens is 2. The van der Waals surface area contributed by atoms with Crippen LogP contribution < -0.4 is 0 Å². The Bertz CT molecular complexity index is 620. The van der Waals surface area contributed by atoms with Crippen LogP contribution in [-0.2, 0) is 0 Å². The normalized spacial score (nSPS) is 17.7. The molecule has 1 aliphatic heterocycles. The fourth-order valence-corrected chi connectivity index (χ4v) is 2.80. The van der Waals surface area contributed by atoms with Crippen molar-refractivity contribution in [3.63, 3.8) is 0 Å². The van der Waals surface area contributed by atoms with Gasteiger partial charge >= 0.3 is 0 Å². The molecule has 19 heavy (non-hydrogen) atoms. The first-order valence-electron chi connectivity index (χ1n) is 6.51. The highest BCUT2D eigenvalue weighted by molar-refractivity contribution is 5.81. The number of halogens is 1. The van der Waals surface area contributed by atoms with Crippen molar-refractivity contribution in [3.8, 4) is 6.07 Å². The maximum atomic E-state index is 13.1. The van der Waals surface area contributed by atoms with E-state index in [1.54, 1.807) is 6.07 Å². The Labute approximate surface area is 110 Å². The predicted molar refractivity (Wildman–Crippen MR) is 70.1 cm³/mol.